The topological polar surface area (TPSA) is 83.7 Å². The van der Waals surface area contributed by atoms with Crippen LogP contribution in [0, 0.1) is 11.8 Å². The maximum absolute atomic E-state index is 13.8. The second kappa shape index (κ2) is 9.62. The molecular weight excluding hydrogens is 502 g/mol. The van der Waals surface area contributed by atoms with Crippen LogP contribution in [0.1, 0.15) is 50.8 Å². The number of likely N-dealkylation sites (tertiary alicyclic amines) is 1. The van der Waals surface area contributed by atoms with Gasteiger partial charge >= 0.3 is 0 Å². The Morgan fingerprint density at radius 2 is 2.05 bits per heavy atom. The molecule has 3 aliphatic rings. The fraction of sp³-hybridized carbons (Fsp3) is 0.467. The Hall–Kier alpha value is -3.03. The number of aromatic amines is 1. The van der Waals surface area contributed by atoms with Gasteiger partial charge in [-0.05, 0) is 56.5 Å². The smallest absolute Gasteiger partial charge is 0.245 e. The highest BCUT2D eigenvalue weighted by Crippen LogP contribution is 2.53. The molecule has 0 bridgehead atoms. The summed E-state index contributed by atoms with van der Waals surface area (Å²) in [5.41, 5.74) is 2.65. The van der Waals surface area contributed by atoms with Crippen molar-refractivity contribution in [2.24, 2.45) is 11.8 Å². The van der Waals surface area contributed by atoms with Crippen molar-refractivity contribution in [3.63, 3.8) is 0 Å². The molecule has 200 valence electrons. The third kappa shape index (κ3) is 4.56. The number of carbonyl (C=O) groups excluding carboxylic acids is 2. The number of amides is 2. The van der Waals surface area contributed by atoms with Gasteiger partial charge < -0.3 is 24.7 Å². The molecule has 38 heavy (non-hydrogen) atoms. The molecule has 2 aromatic carbocycles. The average molecular weight is 536 g/mol. The Balaban J connectivity index is 1.20. The molecule has 1 aromatic heterocycles. The Kier molecular flexibility index (Phi) is 6.39. The van der Waals surface area contributed by atoms with Crippen molar-refractivity contribution in [2.75, 3.05) is 13.1 Å². The number of fused-ring (bicyclic) bond motifs is 5. The first-order chi connectivity index (χ1) is 18.2. The summed E-state index contributed by atoms with van der Waals surface area (Å²) < 4.78 is 13.2. The van der Waals surface area contributed by atoms with E-state index < -0.39 is 11.6 Å². The van der Waals surface area contributed by atoms with Crippen molar-refractivity contribution >= 4 is 34.3 Å². The van der Waals surface area contributed by atoms with Crippen LogP contribution in [0.2, 0.25) is 5.02 Å². The van der Waals surface area contributed by atoms with Gasteiger partial charge in [0.1, 0.15) is 17.4 Å². The summed E-state index contributed by atoms with van der Waals surface area (Å²) in [5.74, 6) is 0.926. The van der Waals surface area contributed by atoms with E-state index in [2.05, 4.69) is 24.1 Å². The van der Waals surface area contributed by atoms with E-state index >= 15 is 0 Å². The lowest BCUT2D eigenvalue weighted by atomic mass is 9.70. The predicted octanol–water partition coefficient (Wildman–Crippen LogP) is 5.03. The minimum absolute atomic E-state index is 0.0395. The molecule has 3 aliphatic heterocycles. The third-order valence-corrected chi connectivity index (χ3v) is 8.77. The van der Waals surface area contributed by atoms with E-state index in [1.165, 1.54) is 6.92 Å². The summed E-state index contributed by atoms with van der Waals surface area (Å²) in [6, 6.07) is 13.1. The zero-order chi connectivity index (χ0) is 26.6. The average Bonchev–Trinajstić information content (AvgIpc) is 3.29. The van der Waals surface area contributed by atoms with E-state index in [0.29, 0.717) is 24.5 Å². The van der Waals surface area contributed by atoms with Crippen LogP contribution in [-0.4, -0.2) is 52.5 Å². The number of aromatic nitrogens is 1. The number of rotatable bonds is 4. The van der Waals surface area contributed by atoms with Gasteiger partial charge in [-0.25, -0.2) is 0 Å². The quantitative estimate of drug-likeness (QED) is 0.490. The molecular formula is C30H34ClN3O4. The van der Waals surface area contributed by atoms with Gasteiger partial charge in [0, 0.05) is 66.0 Å². The lowest BCUT2D eigenvalue weighted by Gasteiger charge is -2.53. The van der Waals surface area contributed by atoms with Gasteiger partial charge in [0.25, 0.3) is 0 Å². The van der Waals surface area contributed by atoms with E-state index in [1.54, 1.807) is 0 Å². The molecule has 7 nitrogen and oxygen atoms in total. The summed E-state index contributed by atoms with van der Waals surface area (Å²) >= 11 is 6.33. The van der Waals surface area contributed by atoms with Crippen molar-refractivity contribution in [2.45, 2.75) is 63.9 Å². The molecule has 2 amide bonds. The van der Waals surface area contributed by atoms with Crippen molar-refractivity contribution in [3.05, 3.63) is 64.8 Å². The number of hydrogen-bond acceptors (Lipinski definition) is 4. The Labute approximate surface area is 227 Å². The van der Waals surface area contributed by atoms with Gasteiger partial charge in [0.15, 0.2) is 0 Å². The van der Waals surface area contributed by atoms with Gasteiger partial charge in [0.05, 0.1) is 12.2 Å². The summed E-state index contributed by atoms with van der Waals surface area (Å²) in [6.45, 7) is 6.91. The van der Waals surface area contributed by atoms with Crippen LogP contribution in [-0.2, 0) is 20.7 Å². The van der Waals surface area contributed by atoms with Crippen molar-refractivity contribution in [1.82, 2.24) is 15.2 Å². The zero-order valence-electron chi connectivity index (χ0n) is 22.0. The molecule has 5 atom stereocenters. The molecule has 0 spiro atoms. The normalized spacial score (nSPS) is 26.5. The number of ether oxygens (including phenoxy) is 2. The van der Waals surface area contributed by atoms with E-state index in [0.717, 1.165) is 40.6 Å². The molecule has 8 heteroatoms. The zero-order valence-corrected chi connectivity index (χ0v) is 22.8. The molecule has 0 radical (unpaired) electrons. The van der Waals surface area contributed by atoms with Gasteiger partial charge in [0.2, 0.25) is 11.8 Å². The fourth-order valence-electron chi connectivity index (χ4n) is 6.67. The summed E-state index contributed by atoms with van der Waals surface area (Å²) in [4.78, 5) is 31.1. The van der Waals surface area contributed by atoms with Crippen molar-refractivity contribution < 1.29 is 19.1 Å². The second-order valence-corrected chi connectivity index (χ2v) is 11.9. The standard InChI is InChI=1S/C30H34ClN3O4/c1-17(35)33-25(13-18-15-32-24-7-5-4-6-21(18)24)29(36)34-11-10-26-19(16-34)12-23-28(37-26)22-14-20(31)8-9-27(22)38-30(23,2)3/h4-9,14-15,19,23,25-26,28,32H,10-13,16H2,1-3H3,(H,33,35)/t19-,23+,25+,26+,28-/m1/s1. The lowest BCUT2D eigenvalue weighted by molar-refractivity contribution is -0.189. The highest BCUT2D eigenvalue weighted by Gasteiger charge is 2.51. The lowest BCUT2D eigenvalue weighted by Crippen LogP contribution is -2.58. The predicted molar refractivity (Wildman–Crippen MR) is 146 cm³/mol. The van der Waals surface area contributed by atoms with Crippen LogP contribution in [0.3, 0.4) is 0 Å². The second-order valence-electron chi connectivity index (χ2n) is 11.5. The SMILES string of the molecule is CC(=O)N[C@@H](Cc1c[nH]c2ccccc12)C(=O)N1CC[C@@H]2O[C@@H]3c4cc(Cl)ccc4OC(C)(C)[C@H]3C[C@@H]2C1. The largest absolute Gasteiger partial charge is 0.487 e. The number of nitrogens with zero attached hydrogens (tertiary/aromatic N) is 1. The maximum atomic E-state index is 13.8. The molecule has 6 rings (SSSR count). The van der Waals surface area contributed by atoms with Crippen molar-refractivity contribution in [3.8, 4) is 5.75 Å². The molecule has 3 aromatic rings. The molecule has 4 heterocycles. The highest BCUT2D eigenvalue weighted by molar-refractivity contribution is 6.30. The number of H-pyrrole nitrogens is 1. The summed E-state index contributed by atoms with van der Waals surface area (Å²) in [5, 5.41) is 4.67. The first kappa shape index (κ1) is 25.3. The van der Waals surface area contributed by atoms with Crippen LogP contribution in [0.25, 0.3) is 10.9 Å². The van der Waals surface area contributed by atoms with E-state index in [-0.39, 0.29) is 35.9 Å². The molecule has 2 fully saturated rings. The minimum Gasteiger partial charge on any atom is -0.487 e. The van der Waals surface area contributed by atoms with Gasteiger partial charge in [-0.1, -0.05) is 29.8 Å². The van der Waals surface area contributed by atoms with Gasteiger partial charge in [-0.2, -0.15) is 0 Å². The van der Waals surface area contributed by atoms with Gasteiger partial charge in [-0.15, -0.1) is 0 Å². The number of carbonyl (C=O) groups is 2. The summed E-state index contributed by atoms with van der Waals surface area (Å²) in [6.07, 6.45) is 4.01. The number of halogens is 1. The van der Waals surface area contributed by atoms with Crippen LogP contribution in [0.15, 0.2) is 48.7 Å². The fourth-order valence-corrected chi connectivity index (χ4v) is 6.85. The molecule has 0 saturated carbocycles. The Morgan fingerprint density at radius 3 is 2.87 bits per heavy atom. The number of piperidine rings is 1. The van der Waals surface area contributed by atoms with Crippen molar-refractivity contribution in [1.29, 1.82) is 0 Å². The first-order valence-electron chi connectivity index (χ1n) is 13.4. The van der Waals surface area contributed by atoms with Crippen LogP contribution in [0.5, 0.6) is 5.75 Å². The van der Waals surface area contributed by atoms with E-state index in [4.69, 9.17) is 21.1 Å². The monoisotopic (exact) mass is 535 g/mol. The van der Waals surface area contributed by atoms with E-state index in [9.17, 15) is 9.59 Å². The van der Waals surface area contributed by atoms with Crippen LogP contribution < -0.4 is 10.1 Å². The molecule has 0 unspecified atom stereocenters. The number of benzene rings is 2. The maximum Gasteiger partial charge on any atom is 0.245 e. The number of hydrogen-bond donors (Lipinski definition) is 2. The third-order valence-electron chi connectivity index (χ3n) is 8.54. The van der Waals surface area contributed by atoms with Crippen LogP contribution in [0.4, 0.5) is 0 Å². The molecule has 2 N–H and O–H groups in total. The first-order valence-corrected chi connectivity index (χ1v) is 13.8. The number of nitrogens with one attached hydrogen (secondary N) is 2. The Bertz CT molecular complexity index is 1380. The molecule has 0 aliphatic carbocycles. The van der Waals surface area contributed by atoms with E-state index in [1.807, 2.05) is 53.6 Å². The van der Waals surface area contributed by atoms with Gasteiger partial charge in [-0.3, -0.25) is 9.59 Å². The highest BCUT2D eigenvalue weighted by atomic mass is 35.5. The summed E-state index contributed by atoms with van der Waals surface area (Å²) in [7, 11) is 0. The molecule has 2 saturated heterocycles. The Morgan fingerprint density at radius 1 is 1.24 bits per heavy atom. The van der Waals surface area contributed by atoms with Crippen LogP contribution >= 0.6 is 11.6 Å². The number of para-hydroxylation sites is 1. The minimum atomic E-state index is -0.621.